The van der Waals surface area contributed by atoms with E-state index in [1.807, 2.05) is 58.0 Å². The van der Waals surface area contributed by atoms with Crippen LogP contribution in [-0.4, -0.2) is 41.6 Å². The number of hydrogen-bond acceptors (Lipinski definition) is 6. The van der Waals surface area contributed by atoms with Crippen LogP contribution in [0.25, 0.3) is 11.3 Å². The summed E-state index contributed by atoms with van der Waals surface area (Å²) in [4.78, 5) is 27.5. The second-order valence-corrected chi connectivity index (χ2v) is 8.76. The van der Waals surface area contributed by atoms with Crippen molar-refractivity contribution in [3.8, 4) is 17.0 Å². The van der Waals surface area contributed by atoms with Crippen molar-refractivity contribution in [1.29, 1.82) is 0 Å². The van der Waals surface area contributed by atoms with Crippen LogP contribution in [0.15, 0.2) is 48.9 Å². The molecule has 0 bridgehead atoms. The maximum atomic E-state index is 12.6. The molecule has 1 N–H and O–H groups in total. The lowest BCUT2D eigenvalue weighted by Gasteiger charge is -2.26. The minimum atomic E-state index is -0.474. The molecule has 0 fully saturated rings. The average molecular weight is 434 g/mol. The van der Waals surface area contributed by atoms with E-state index in [9.17, 15) is 4.79 Å². The first-order valence-electron chi connectivity index (χ1n) is 10.6. The number of nitrogens with one attached hydrogen (secondary N) is 1. The third-order valence-electron chi connectivity index (χ3n) is 5.17. The van der Waals surface area contributed by atoms with E-state index in [-0.39, 0.29) is 5.91 Å². The van der Waals surface area contributed by atoms with Gasteiger partial charge in [-0.1, -0.05) is 39.0 Å². The highest BCUT2D eigenvalue weighted by Crippen LogP contribution is 2.27. The van der Waals surface area contributed by atoms with Crippen LogP contribution in [0, 0.1) is 12.3 Å². The molecule has 0 atom stereocenters. The molecular weight excluding hydrogens is 402 g/mol. The fraction of sp³-hybridized carbons (Fsp3) is 0.360. The molecule has 0 aliphatic rings. The number of anilines is 2. The maximum absolute atomic E-state index is 12.6. The van der Waals surface area contributed by atoms with Gasteiger partial charge in [-0.25, -0.2) is 15.0 Å². The van der Waals surface area contributed by atoms with Gasteiger partial charge in [-0.3, -0.25) is 9.69 Å². The molecule has 2 aromatic heterocycles. The van der Waals surface area contributed by atoms with Crippen LogP contribution in [-0.2, 0) is 11.2 Å². The molecule has 0 saturated carbocycles. The van der Waals surface area contributed by atoms with E-state index in [0.29, 0.717) is 12.4 Å². The smallest absolute Gasteiger partial charge is 0.233 e. The fourth-order valence-corrected chi connectivity index (χ4v) is 3.50. The van der Waals surface area contributed by atoms with Crippen molar-refractivity contribution >= 4 is 17.5 Å². The van der Waals surface area contributed by atoms with Gasteiger partial charge in [0.05, 0.1) is 12.8 Å². The molecule has 2 heterocycles. The molecule has 0 saturated heterocycles. The molecule has 0 unspecified atom stereocenters. The van der Waals surface area contributed by atoms with Gasteiger partial charge in [0, 0.05) is 36.8 Å². The lowest BCUT2D eigenvalue weighted by molar-refractivity contribution is -0.125. The topological polar surface area (TPSA) is 80.2 Å². The molecule has 1 amide bonds. The number of amides is 1. The van der Waals surface area contributed by atoms with Crippen LogP contribution in [0.4, 0.5) is 11.6 Å². The molecule has 3 aromatic rings. The van der Waals surface area contributed by atoms with Crippen LogP contribution >= 0.6 is 0 Å². The molecule has 32 heavy (non-hydrogen) atoms. The zero-order valence-electron chi connectivity index (χ0n) is 19.6. The predicted molar refractivity (Wildman–Crippen MR) is 128 cm³/mol. The van der Waals surface area contributed by atoms with Crippen molar-refractivity contribution in [1.82, 2.24) is 15.0 Å². The van der Waals surface area contributed by atoms with Gasteiger partial charge in [0.1, 0.15) is 23.7 Å². The zero-order valence-corrected chi connectivity index (χ0v) is 19.6. The standard InChI is InChI=1S/C25H31N5O2/c1-17-13-19(15-27-23(17)30(5)24(31)25(2,3)4)20-14-22(29-16-28-20)26-12-11-18-9-7-8-10-21(18)32-6/h7-10,13-16H,11-12H2,1-6H3,(H,26,28,29). The van der Waals surface area contributed by atoms with E-state index in [0.717, 1.165) is 40.4 Å². The lowest BCUT2D eigenvalue weighted by Crippen LogP contribution is -2.37. The molecule has 7 nitrogen and oxygen atoms in total. The Morgan fingerprint density at radius 1 is 1.12 bits per heavy atom. The van der Waals surface area contributed by atoms with Crippen molar-refractivity contribution in [3.05, 3.63) is 60.0 Å². The number of para-hydroxylation sites is 1. The Balaban J connectivity index is 1.72. The highest BCUT2D eigenvalue weighted by atomic mass is 16.5. The molecule has 168 valence electrons. The second-order valence-electron chi connectivity index (χ2n) is 8.76. The fourth-order valence-electron chi connectivity index (χ4n) is 3.50. The van der Waals surface area contributed by atoms with Crippen LogP contribution in [0.5, 0.6) is 5.75 Å². The van der Waals surface area contributed by atoms with E-state index in [4.69, 9.17) is 4.74 Å². The molecule has 7 heteroatoms. The number of aryl methyl sites for hydroxylation is 1. The van der Waals surface area contributed by atoms with Gasteiger partial charge >= 0.3 is 0 Å². The third kappa shape index (κ3) is 5.41. The summed E-state index contributed by atoms with van der Waals surface area (Å²) >= 11 is 0. The molecule has 0 spiro atoms. The SMILES string of the molecule is COc1ccccc1CCNc1cc(-c2cnc(N(C)C(=O)C(C)(C)C)c(C)c2)ncn1. The summed E-state index contributed by atoms with van der Waals surface area (Å²) in [5, 5.41) is 3.35. The van der Waals surface area contributed by atoms with Crippen LogP contribution < -0.4 is 15.0 Å². The number of rotatable bonds is 7. The summed E-state index contributed by atoms with van der Waals surface area (Å²) in [5.41, 5.74) is 3.22. The van der Waals surface area contributed by atoms with Gasteiger partial charge in [0.2, 0.25) is 5.91 Å². The summed E-state index contributed by atoms with van der Waals surface area (Å²) in [5.74, 6) is 2.29. The van der Waals surface area contributed by atoms with E-state index in [2.05, 4.69) is 26.3 Å². The molecule has 1 aromatic carbocycles. The van der Waals surface area contributed by atoms with Gasteiger partial charge in [-0.15, -0.1) is 0 Å². The van der Waals surface area contributed by atoms with E-state index in [1.54, 1.807) is 31.6 Å². The molecule has 0 aliphatic heterocycles. The summed E-state index contributed by atoms with van der Waals surface area (Å²) in [6.07, 6.45) is 4.10. The van der Waals surface area contributed by atoms with Gasteiger partial charge < -0.3 is 10.1 Å². The monoisotopic (exact) mass is 433 g/mol. The number of nitrogens with zero attached hydrogens (tertiary/aromatic N) is 4. The minimum absolute atomic E-state index is 0.0180. The molecule has 3 rings (SSSR count). The summed E-state index contributed by atoms with van der Waals surface area (Å²) in [7, 11) is 3.44. The summed E-state index contributed by atoms with van der Waals surface area (Å²) in [6.45, 7) is 8.37. The number of ether oxygens (including phenoxy) is 1. The third-order valence-corrected chi connectivity index (χ3v) is 5.17. The van der Waals surface area contributed by atoms with Crippen LogP contribution in [0.3, 0.4) is 0 Å². The normalized spacial score (nSPS) is 11.2. The first-order chi connectivity index (χ1) is 15.2. The van der Waals surface area contributed by atoms with Gasteiger partial charge in [0.25, 0.3) is 0 Å². The van der Waals surface area contributed by atoms with Crippen LogP contribution in [0.1, 0.15) is 31.9 Å². The number of carbonyl (C=O) groups is 1. The Labute approximate surface area is 189 Å². The largest absolute Gasteiger partial charge is 0.496 e. The number of aromatic nitrogens is 3. The number of hydrogen-bond donors (Lipinski definition) is 1. The highest BCUT2D eigenvalue weighted by Gasteiger charge is 2.27. The Kier molecular flexibility index (Phi) is 7.08. The van der Waals surface area contributed by atoms with Gasteiger partial charge in [-0.2, -0.15) is 0 Å². The quantitative estimate of drug-likeness (QED) is 0.590. The van der Waals surface area contributed by atoms with E-state index < -0.39 is 5.41 Å². The van der Waals surface area contributed by atoms with Crippen molar-refractivity contribution < 1.29 is 9.53 Å². The van der Waals surface area contributed by atoms with Gasteiger partial charge in [0.15, 0.2) is 0 Å². The number of pyridine rings is 1. The van der Waals surface area contributed by atoms with Crippen molar-refractivity contribution in [2.45, 2.75) is 34.1 Å². The number of methoxy groups -OCH3 is 1. The van der Waals surface area contributed by atoms with Gasteiger partial charge in [-0.05, 0) is 36.6 Å². The first kappa shape index (κ1) is 23.2. The highest BCUT2D eigenvalue weighted by molar-refractivity contribution is 5.96. The molecule has 0 aliphatic carbocycles. The van der Waals surface area contributed by atoms with E-state index in [1.165, 1.54) is 0 Å². The number of carbonyl (C=O) groups excluding carboxylic acids is 1. The summed E-state index contributed by atoms with van der Waals surface area (Å²) < 4.78 is 5.41. The molecule has 0 radical (unpaired) electrons. The Bertz CT molecular complexity index is 1090. The number of benzene rings is 1. The first-order valence-corrected chi connectivity index (χ1v) is 10.6. The average Bonchev–Trinajstić information content (AvgIpc) is 2.78. The van der Waals surface area contributed by atoms with Crippen LogP contribution in [0.2, 0.25) is 0 Å². The minimum Gasteiger partial charge on any atom is -0.496 e. The lowest BCUT2D eigenvalue weighted by atomic mass is 9.95. The Hall–Kier alpha value is -3.48. The maximum Gasteiger partial charge on any atom is 0.233 e. The molecular formula is C25H31N5O2. The summed E-state index contributed by atoms with van der Waals surface area (Å²) in [6, 6.07) is 11.9. The van der Waals surface area contributed by atoms with Crippen molar-refractivity contribution in [2.75, 3.05) is 30.9 Å². The second kappa shape index (κ2) is 9.77. The van der Waals surface area contributed by atoms with Crippen molar-refractivity contribution in [2.24, 2.45) is 5.41 Å². The predicted octanol–water partition coefficient (Wildman–Crippen LogP) is 4.52. The zero-order chi connectivity index (χ0) is 23.3. The van der Waals surface area contributed by atoms with E-state index >= 15 is 0 Å². The van der Waals surface area contributed by atoms with Crippen molar-refractivity contribution in [3.63, 3.8) is 0 Å². The Morgan fingerprint density at radius 2 is 1.88 bits per heavy atom. The Morgan fingerprint density at radius 3 is 2.56 bits per heavy atom.